The monoisotopic (exact) mass is 288 g/mol. The maximum Gasteiger partial charge on any atom is 0.302 e. The standard InChI is InChI=1S/C7H16O.C4H8O2.CH2Cl2/c1-2-3-4-5-6-7-8;1-3-6-4(2)5;2-1-3/h8H,2-7H2,1H3;3H2,1-2H3;1H2. The van der Waals surface area contributed by atoms with Crippen molar-refractivity contribution in [1.82, 2.24) is 0 Å². The SMILES string of the molecule is CCCCCCCO.CCOC(C)=O.ClCCl. The van der Waals surface area contributed by atoms with E-state index in [1.807, 2.05) is 0 Å². The van der Waals surface area contributed by atoms with Crippen molar-refractivity contribution in [3.05, 3.63) is 0 Å². The van der Waals surface area contributed by atoms with Gasteiger partial charge in [-0.3, -0.25) is 4.79 Å². The predicted octanol–water partition coefficient (Wildman–Crippen LogP) is 3.94. The molecule has 0 spiro atoms. The number of aliphatic hydroxyl groups is 1. The van der Waals surface area contributed by atoms with Gasteiger partial charge in [-0.15, -0.1) is 23.2 Å². The molecule has 1 N–H and O–H groups in total. The zero-order chi connectivity index (χ0) is 13.9. The number of hydrogen-bond donors (Lipinski definition) is 1. The predicted molar refractivity (Wildman–Crippen MR) is 74.7 cm³/mol. The van der Waals surface area contributed by atoms with Crippen molar-refractivity contribution in [2.24, 2.45) is 0 Å². The molecule has 0 bridgehead atoms. The van der Waals surface area contributed by atoms with Gasteiger partial charge in [-0.2, -0.15) is 0 Å². The van der Waals surface area contributed by atoms with Crippen LogP contribution in [0.15, 0.2) is 0 Å². The summed E-state index contributed by atoms with van der Waals surface area (Å²) in [5.74, 6) is -0.211. The largest absolute Gasteiger partial charge is 0.466 e. The Morgan fingerprint density at radius 2 is 1.59 bits per heavy atom. The number of esters is 1. The van der Waals surface area contributed by atoms with E-state index in [1.165, 1.54) is 32.6 Å². The second kappa shape index (κ2) is 25.0. The van der Waals surface area contributed by atoms with Crippen LogP contribution in [0.1, 0.15) is 52.9 Å². The van der Waals surface area contributed by atoms with Crippen molar-refractivity contribution in [3.8, 4) is 0 Å². The Labute approximate surface area is 115 Å². The van der Waals surface area contributed by atoms with Gasteiger partial charge in [0.25, 0.3) is 0 Å². The lowest BCUT2D eigenvalue weighted by Gasteiger charge is -1.93. The molecule has 0 aromatic heterocycles. The Morgan fingerprint density at radius 1 is 1.12 bits per heavy atom. The minimum atomic E-state index is -0.211. The lowest BCUT2D eigenvalue weighted by Crippen LogP contribution is -1.95. The van der Waals surface area contributed by atoms with E-state index < -0.39 is 0 Å². The van der Waals surface area contributed by atoms with Crippen LogP contribution in [-0.4, -0.2) is 29.6 Å². The lowest BCUT2D eigenvalue weighted by atomic mass is 10.2. The average molecular weight is 289 g/mol. The molecule has 0 heterocycles. The highest BCUT2D eigenvalue weighted by atomic mass is 35.5. The lowest BCUT2D eigenvalue weighted by molar-refractivity contribution is -0.140. The molecule has 0 saturated heterocycles. The first-order valence-electron chi connectivity index (χ1n) is 5.96. The van der Waals surface area contributed by atoms with Crippen LogP contribution in [0.2, 0.25) is 0 Å². The fourth-order valence-electron chi connectivity index (χ4n) is 0.919. The summed E-state index contributed by atoms with van der Waals surface area (Å²) in [6.07, 6.45) is 6.08. The molecule has 0 atom stereocenters. The number of aliphatic hydroxyl groups excluding tert-OH is 1. The Balaban J connectivity index is -0.000000193. The molecule has 0 unspecified atom stereocenters. The second-order valence-electron chi connectivity index (χ2n) is 3.16. The molecule has 106 valence electrons. The first kappa shape index (κ1) is 22.2. The molecule has 0 aromatic rings. The van der Waals surface area contributed by atoms with Crippen molar-refractivity contribution in [2.45, 2.75) is 52.9 Å². The summed E-state index contributed by atoms with van der Waals surface area (Å²) in [5.41, 5.74) is 0. The summed E-state index contributed by atoms with van der Waals surface area (Å²) in [5, 5.41) is 8.56. The third-order valence-electron chi connectivity index (χ3n) is 1.61. The molecule has 0 radical (unpaired) electrons. The second-order valence-corrected chi connectivity index (χ2v) is 3.97. The molecule has 0 aliphatic rings. The maximum atomic E-state index is 9.82. The zero-order valence-electron chi connectivity index (χ0n) is 11.2. The molecule has 0 amide bonds. The number of ether oxygens (including phenoxy) is 1. The summed E-state index contributed by atoms with van der Waals surface area (Å²) in [6.45, 7) is 6.21. The maximum absolute atomic E-state index is 9.82. The first-order valence-corrected chi connectivity index (χ1v) is 7.03. The Morgan fingerprint density at radius 3 is 1.82 bits per heavy atom. The van der Waals surface area contributed by atoms with E-state index in [1.54, 1.807) is 6.92 Å². The molecule has 17 heavy (non-hydrogen) atoms. The highest BCUT2D eigenvalue weighted by molar-refractivity contribution is 6.40. The fourth-order valence-corrected chi connectivity index (χ4v) is 0.919. The minimum Gasteiger partial charge on any atom is -0.466 e. The van der Waals surface area contributed by atoms with E-state index in [4.69, 9.17) is 28.3 Å². The molecular weight excluding hydrogens is 263 g/mol. The number of carbonyl (C=O) groups excluding carboxylic acids is 1. The van der Waals surface area contributed by atoms with Gasteiger partial charge >= 0.3 is 5.97 Å². The van der Waals surface area contributed by atoms with Gasteiger partial charge in [0.15, 0.2) is 0 Å². The zero-order valence-corrected chi connectivity index (χ0v) is 12.7. The van der Waals surface area contributed by atoms with Crippen LogP contribution in [0, 0.1) is 0 Å². The van der Waals surface area contributed by atoms with Crippen LogP contribution < -0.4 is 0 Å². The van der Waals surface area contributed by atoms with Gasteiger partial charge in [-0.05, 0) is 13.3 Å². The van der Waals surface area contributed by atoms with Crippen LogP contribution in [0.25, 0.3) is 0 Å². The van der Waals surface area contributed by atoms with Crippen LogP contribution in [0.3, 0.4) is 0 Å². The molecule has 0 fully saturated rings. The average Bonchev–Trinajstić information content (AvgIpc) is 2.26. The fraction of sp³-hybridized carbons (Fsp3) is 0.917. The number of unbranched alkanes of at least 4 members (excludes halogenated alkanes) is 4. The minimum absolute atomic E-state index is 0.194. The van der Waals surface area contributed by atoms with Gasteiger partial charge in [0.2, 0.25) is 0 Å². The molecule has 0 saturated carbocycles. The van der Waals surface area contributed by atoms with Gasteiger partial charge in [-0.1, -0.05) is 32.6 Å². The van der Waals surface area contributed by atoms with Gasteiger partial charge < -0.3 is 9.84 Å². The number of carbonyl (C=O) groups is 1. The number of hydrogen-bond acceptors (Lipinski definition) is 3. The van der Waals surface area contributed by atoms with E-state index in [0.29, 0.717) is 13.2 Å². The molecule has 0 aromatic carbocycles. The van der Waals surface area contributed by atoms with E-state index in [-0.39, 0.29) is 11.3 Å². The third kappa shape index (κ3) is 49.0. The Hall–Kier alpha value is 0.01000. The van der Waals surface area contributed by atoms with E-state index >= 15 is 0 Å². The van der Waals surface area contributed by atoms with Gasteiger partial charge in [0.05, 0.1) is 11.9 Å². The van der Waals surface area contributed by atoms with E-state index in [0.717, 1.165) is 6.42 Å². The van der Waals surface area contributed by atoms with E-state index in [9.17, 15) is 4.79 Å². The number of halogens is 2. The van der Waals surface area contributed by atoms with Gasteiger partial charge in [0.1, 0.15) is 0 Å². The van der Waals surface area contributed by atoms with Crippen molar-refractivity contribution in [1.29, 1.82) is 0 Å². The van der Waals surface area contributed by atoms with E-state index in [2.05, 4.69) is 11.7 Å². The Kier molecular flexibility index (Phi) is 32.7. The number of rotatable bonds is 6. The normalized spacial score (nSPS) is 8.35. The third-order valence-corrected chi connectivity index (χ3v) is 1.61. The van der Waals surface area contributed by atoms with Gasteiger partial charge in [-0.25, -0.2) is 0 Å². The molecule has 0 aliphatic carbocycles. The summed E-state index contributed by atoms with van der Waals surface area (Å²) >= 11 is 9.53. The highest BCUT2D eigenvalue weighted by Crippen LogP contribution is 2.00. The topological polar surface area (TPSA) is 46.5 Å². The summed E-state index contributed by atoms with van der Waals surface area (Å²) in [6, 6.07) is 0. The van der Waals surface area contributed by atoms with Crippen molar-refractivity contribution >= 4 is 29.2 Å². The number of alkyl halides is 2. The van der Waals surface area contributed by atoms with Crippen LogP contribution in [-0.2, 0) is 9.53 Å². The van der Waals surface area contributed by atoms with Crippen molar-refractivity contribution in [3.63, 3.8) is 0 Å². The van der Waals surface area contributed by atoms with Crippen LogP contribution in [0.4, 0.5) is 0 Å². The highest BCUT2D eigenvalue weighted by Gasteiger charge is 1.84. The molecule has 0 aliphatic heterocycles. The van der Waals surface area contributed by atoms with Crippen molar-refractivity contribution < 1.29 is 14.6 Å². The molecule has 3 nitrogen and oxygen atoms in total. The molecule has 0 rings (SSSR count). The Bertz CT molecular complexity index is 127. The molecular formula is C12H26Cl2O3. The summed E-state index contributed by atoms with van der Waals surface area (Å²) in [7, 11) is 0. The quantitative estimate of drug-likeness (QED) is 0.457. The smallest absolute Gasteiger partial charge is 0.302 e. The van der Waals surface area contributed by atoms with Gasteiger partial charge in [0, 0.05) is 13.5 Å². The first-order chi connectivity index (χ1) is 8.10. The molecule has 5 heteroatoms. The summed E-state index contributed by atoms with van der Waals surface area (Å²) < 4.78 is 4.40. The summed E-state index contributed by atoms with van der Waals surface area (Å²) in [4.78, 5) is 9.82. The van der Waals surface area contributed by atoms with Crippen LogP contribution in [0.5, 0.6) is 0 Å². The van der Waals surface area contributed by atoms with Crippen LogP contribution >= 0.6 is 23.2 Å². The van der Waals surface area contributed by atoms with Crippen molar-refractivity contribution in [2.75, 3.05) is 18.6 Å².